The number of carbonyl (C=O) groups excluding carboxylic acids is 2. The number of amides is 1. The van der Waals surface area contributed by atoms with Crippen molar-refractivity contribution in [3.05, 3.63) is 69.3 Å². The van der Waals surface area contributed by atoms with Gasteiger partial charge in [-0.25, -0.2) is 0 Å². The van der Waals surface area contributed by atoms with Gasteiger partial charge in [0.05, 0.1) is 11.3 Å². The summed E-state index contributed by atoms with van der Waals surface area (Å²) in [6, 6.07) is 12.4. The Labute approximate surface area is 157 Å². The Hall–Kier alpha value is -3.22. The Bertz CT molecular complexity index is 849. The van der Waals surface area contributed by atoms with Gasteiger partial charge in [-0.2, -0.15) is 0 Å². The average Bonchev–Trinajstić information content (AvgIpc) is 2.63. The molecule has 0 fully saturated rings. The van der Waals surface area contributed by atoms with Crippen LogP contribution in [-0.2, 0) is 14.3 Å². The molecule has 0 heterocycles. The summed E-state index contributed by atoms with van der Waals surface area (Å²) in [5, 5.41) is 13.6. The van der Waals surface area contributed by atoms with Gasteiger partial charge < -0.3 is 10.1 Å². The summed E-state index contributed by atoms with van der Waals surface area (Å²) in [6.45, 7) is 4.95. The second-order valence-corrected chi connectivity index (χ2v) is 6.44. The highest BCUT2D eigenvalue weighted by molar-refractivity contribution is 5.95. The zero-order chi connectivity index (χ0) is 20.0. The first-order valence-electron chi connectivity index (χ1n) is 8.54. The number of nitrogens with zero attached hydrogens (tertiary/aromatic N) is 1. The largest absolute Gasteiger partial charge is 0.456 e. The van der Waals surface area contributed by atoms with E-state index in [0.29, 0.717) is 0 Å². The molecule has 2 aromatic carbocycles. The van der Waals surface area contributed by atoms with Crippen molar-refractivity contribution in [1.29, 1.82) is 0 Å². The summed E-state index contributed by atoms with van der Waals surface area (Å²) < 4.78 is 5.00. The van der Waals surface area contributed by atoms with Gasteiger partial charge in [0.1, 0.15) is 5.69 Å². The van der Waals surface area contributed by atoms with Crippen LogP contribution in [0.4, 0.5) is 11.4 Å². The Morgan fingerprint density at radius 2 is 1.78 bits per heavy atom. The molecule has 7 heteroatoms. The summed E-state index contributed by atoms with van der Waals surface area (Å²) in [5.74, 6) is -1.17. The molecule has 1 N–H and O–H groups in total. The number of ether oxygens (including phenoxy) is 1. The molecule has 142 valence electrons. The molecule has 1 atom stereocenters. The summed E-state index contributed by atoms with van der Waals surface area (Å²) in [4.78, 5) is 34.6. The number of nitrogens with one attached hydrogen (secondary N) is 1. The summed E-state index contributed by atoms with van der Waals surface area (Å²) in [5.41, 5.74) is 2.45. The molecule has 2 aromatic rings. The normalized spacial score (nSPS) is 11.5. The van der Waals surface area contributed by atoms with Crippen molar-refractivity contribution >= 4 is 23.3 Å². The van der Waals surface area contributed by atoms with E-state index in [0.717, 1.165) is 16.7 Å². The van der Waals surface area contributed by atoms with Crippen LogP contribution in [-0.4, -0.2) is 23.4 Å². The molecular formula is C20H22N2O5. The number of rotatable bonds is 7. The van der Waals surface area contributed by atoms with E-state index in [9.17, 15) is 19.7 Å². The minimum atomic E-state index is -0.623. The maximum absolute atomic E-state index is 12.0. The lowest BCUT2D eigenvalue weighted by atomic mass is 9.98. The fraction of sp³-hybridized carbons (Fsp3) is 0.300. The zero-order valence-corrected chi connectivity index (χ0v) is 15.5. The lowest BCUT2D eigenvalue weighted by Gasteiger charge is -2.12. The van der Waals surface area contributed by atoms with Gasteiger partial charge in [-0.3, -0.25) is 19.7 Å². The molecular weight excluding hydrogens is 348 g/mol. The van der Waals surface area contributed by atoms with E-state index in [1.165, 1.54) is 12.1 Å². The average molecular weight is 370 g/mol. The number of aryl methyl sites for hydroxylation is 2. The minimum Gasteiger partial charge on any atom is -0.456 e. The van der Waals surface area contributed by atoms with Gasteiger partial charge in [0, 0.05) is 6.07 Å². The second kappa shape index (κ2) is 8.93. The van der Waals surface area contributed by atoms with Crippen LogP contribution in [0, 0.1) is 24.0 Å². The molecule has 0 bridgehead atoms. The van der Waals surface area contributed by atoms with E-state index in [2.05, 4.69) is 5.32 Å². The summed E-state index contributed by atoms with van der Waals surface area (Å²) in [6.07, 6.45) is 0.140. The quantitative estimate of drug-likeness (QED) is 0.453. The highest BCUT2D eigenvalue weighted by Crippen LogP contribution is 2.28. The standard InChI is InChI=1S/C20H22N2O5/c1-13-9-17(18(22(25)26)10-14(13)2)21-19(23)12-27-20(24)11-15(3)16-7-5-4-6-8-16/h4-10,15H,11-12H2,1-3H3,(H,21,23). The predicted molar refractivity (Wildman–Crippen MR) is 102 cm³/mol. The lowest BCUT2D eigenvalue weighted by molar-refractivity contribution is -0.384. The number of carbonyl (C=O) groups is 2. The number of benzene rings is 2. The van der Waals surface area contributed by atoms with Gasteiger partial charge in [0.15, 0.2) is 6.61 Å². The van der Waals surface area contributed by atoms with E-state index in [1.54, 1.807) is 13.8 Å². The van der Waals surface area contributed by atoms with Gasteiger partial charge in [-0.15, -0.1) is 0 Å². The van der Waals surface area contributed by atoms with Crippen molar-refractivity contribution in [3.63, 3.8) is 0 Å². The number of anilines is 1. The molecule has 0 aromatic heterocycles. The molecule has 0 saturated carbocycles. The number of esters is 1. The van der Waals surface area contributed by atoms with Crippen LogP contribution in [0.5, 0.6) is 0 Å². The van der Waals surface area contributed by atoms with Gasteiger partial charge in [-0.1, -0.05) is 37.3 Å². The highest BCUT2D eigenvalue weighted by Gasteiger charge is 2.19. The maximum Gasteiger partial charge on any atom is 0.306 e. The third-order valence-electron chi connectivity index (χ3n) is 4.29. The van der Waals surface area contributed by atoms with Crippen LogP contribution in [0.2, 0.25) is 0 Å². The lowest BCUT2D eigenvalue weighted by Crippen LogP contribution is -2.22. The van der Waals surface area contributed by atoms with Crippen LogP contribution in [0.3, 0.4) is 0 Å². The van der Waals surface area contributed by atoms with Gasteiger partial charge in [0.2, 0.25) is 0 Å². The molecule has 0 saturated heterocycles. The first kappa shape index (κ1) is 20.1. The van der Waals surface area contributed by atoms with Crippen LogP contribution in [0.1, 0.15) is 36.0 Å². The minimum absolute atomic E-state index is 0.0393. The van der Waals surface area contributed by atoms with E-state index < -0.39 is 23.4 Å². The molecule has 1 amide bonds. The van der Waals surface area contributed by atoms with E-state index in [4.69, 9.17) is 4.74 Å². The third-order valence-corrected chi connectivity index (χ3v) is 4.29. The fourth-order valence-electron chi connectivity index (χ4n) is 2.59. The second-order valence-electron chi connectivity index (χ2n) is 6.44. The van der Waals surface area contributed by atoms with E-state index in [1.807, 2.05) is 37.3 Å². The Kier molecular flexibility index (Phi) is 6.65. The molecule has 0 aliphatic rings. The van der Waals surface area contributed by atoms with Crippen molar-refractivity contribution in [2.45, 2.75) is 33.1 Å². The van der Waals surface area contributed by atoms with Crippen molar-refractivity contribution < 1.29 is 19.2 Å². The van der Waals surface area contributed by atoms with Crippen molar-refractivity contribution in [2.75, 3.05) is 11.9 Å². The summed E-state index contributed by atoms with van der Waals surface area (Å²) >= 11 is 0. The zero-order valence-electron chi connectivity index (χ0n) is 15.5. The SMILES string of the molecule is Cc1cc(NC(=O)COC(=O)CC(C)c2ccccc2)c([N+](=O)[O-])cc1C. The van der Waals surface area contributed by atoms with Crippen LogP contribution < -0.4 is 5.32 Å². The van der Waals surface area contributed by atoms with Crippen molar-refractivity contribution in [1.82, 2.24) is 0 Å². The molecule has 27 heavy (non-hydrogen) atoms. The van der Waals surface area contributed by atoms with Gasteiger partial charge >= 0.3 is 5.97 Å². The number of hydrogen-bond acceptors (Lipinski definition) is 5. The number of hydrogen-bond donors (Lipinski definition) is 1. The molecule has 0 aliphatic heterocycles. The van der Waals surface area contributed by atoms with E-state index in [-0.39, 0.29) is 23.7 Å². The molecule has 0 radical (unpaired) electrons. The molecule has 7 nitrogen and oxygen atoms in total. The van der Waals surface area contributed by atoms with Gasteiger partial charge in [-0.05, 0) is 42.5 Å². The highest BCUT2D eigenvalue weighted by atomic mass is 16.6. The third kappa shape index (κ3) is 5.64. The Morgan fingerprint density at radius 3 is 2.41 bits per heavy atom. The first-order chi connectivity index (χ1) is 12.8. The van der Waals surface area contributed by atoms with Crippen LogP contribution >= 0.6 is 0 Å². The topological polar surface area (TPSA) is 98.5 Å². The molecule has 2 rings (SSSR count). The van der Waals surface area contributed by atoms with Gasteiger partial charge in [0.25, 0.3) is 11.6 Å². The molecule has 0 spiro atoms. The van der Waals surface area contributed by atoms with Crippen LogP contribution in [0.25, 0.3) is 0 Å². The number of nitro benzene ring substituents is 1. The monoisotopic (exact) mass is 370 g/mol. The molecule has 0 aliphatic carbocycles. The van der Waals surface area contributed by atoms with Crippen molar-refractivity contribution in [2.24, 2.45) is 0 Å². The number of nitro groups is 1. The molecule has 1 unspecified atom stereocenters. The Morgan fingerprint density at radius 1 is 1.15 bits per heavy atom. The smallest absolute Gasteiger partial charge is 0.306 e. The van der Waals surface area contributed by atoms with E-state index >= 15 is 0 Å². The fourth-order valence-corrected chi connectivity index (χ4v) is 2.59. The maximum atomic E-state index is 12.0. The predicted octanol–water partition coefficient (Wildman–Crippen LogP) is 3.89. The van der Waals surface area contributed by atoms with Crippen molar-refractivity contribution in [3.8, 4) is 0 Å². The first-order valence-corrected chi connectivity index (χ1v) is 8.54. The van der Waals surface area contributed by atoms with Crippen LogP contribution in [0.15, 0.2) is 42.5 Å². The summed E-state index contributed by atoms with van der Waals surface area (Å²) in [7, 11) is 0. The Balaban J connectivity index is 1.92.